The van der Waals surface area contributed by atoms with Crippen LogP contribution in [-0.4, -0.2) is 24.2 Å². The number of aromatic nitrogens is 1. The molecule has 0 amide bonds. The zero-order chi connectivity index (χ0) is 12.4. The summed E-state index contributed by atoms with van der Waals surface area (Å²) in [6.07, 6.45) is 4.13. The number of hydrogen-bond acceptors (Lipinski definition) is 3. The highest BCUT2D eigenvalue weighted by Gasteiger charge is 2.14. The molecule has 1 aliphatic rings. The molecule has 0 unspecified atom stereocenters. The number of H-pyrrole nitrogens is 1. The van der Waals surface area contributed by atoms with Crippen LogP contribution in [0, 0.1) is 0 Å². The molecule has 1 aromatic carbocycles. The van der Waals surface area contributed by atoms with Crippen molar-refractivity contribution < 1.29 is 4.74 Å². The number of ether oxygens (including phenoxy) is 1. The summed E-state index contributed by atoms with van der Waals surface area (Å²) in [5.74, 6) is 0.835. The molecule has 94 valence electrons. The predicted molar refractivity (Wildman–Crippen MR) is 71.1 cm³/mol. The van der Waals surface area contributed by atoms with Gasteiger partial charge in [0, 0.05) is 18.1 Å². The molecule has 18 heavy (non-hydrogen) atoms. The van der Waals surface area contributed by atoms with E-state index in [-0.39, 0.29) is 11.7 Å². The van der Waals surface area contributed by atoms with E-state index in [9.17, 15) is 4.79 Å². The van der Waals surface area contributed by atoms with Crippen molar-refractivity contribution in [3.05, 3.63) is 40.8 Å². The highest BCUT2D eigenvalue weighted by atomic mass is 16.5. The standard InChI is InChI=1S/C14H16N2O2/c17-14-13-4-3-11(8-10(13)5-7-16-14)18-12-2-1-6-15-9-12/h3-5,7-8,12,15H,1-2,6,9H2,(H,16,17)/t12-/m1/s1. The summed E-state index contributed by atoms with van der Waals surface area (Å²) in [6.45, 7) is 1.97. The number of pyridine rings is 1. The second-order valence-electron chi connectivity index (χ2n) is 4.64. The molecule has 0 saturated carbocycles. The zero-order valence-corrected chi connectivity index (χ0v) is 10.1. The Morgan fingerprint density at radius 3 is 3.06 bits per heavy atom. The molecular weight excluding hydrogens is 228 g/mol. The van der Waals surface area contributed by atoms with Crippen molar-refractivity contribution in [3.63, 3.8) is 0 Å². The lowest BCUT2D eigenvalue weighted by atomic mass is 10.1. The highest BCUT2D eigenvalue weighted by Crippen LogP contribution is 2.20. The van der Waals surface area contributed by atoms with Gasteiger partial charge in [-0.1, -0.05) is 0 Å². The molecule has 0 bridgehead atoms. The van der Waals surface area contributed by atoms with E-state index in [4.69, 9.17) is 4.74 Å². The third-order valence-electron chi connectivity index (χ3n) is 3.30. The van der Waals surface area contributed by atoms with Crippen LogP contribution in [0.3, 0.4) is 0 Å². The van der Waals surface area contributed by atoms with Crippen molar-refractivity contribution in [3.8, 4) is 5.75 Å². The molecule has 1 saturated heterocycles. The largest absolute Gasteiger partial charge is 0.489 e. The molecule has 4 nitrogen and oxygen atoms in total. The first-order valence-corrected chi connectivity index (χ1v) is 6.32. The topological polar surface area (TPSA) is 54.1 Å². The van der Waals surface area contributed by atoms with Gasteiger partial charge in [-0.15, -0.1) is 0 Å². The fraction of sp³-hybridized carbons (Fsp3) is 0.357. The molecule has 0 radical (unpaired) electrons. The Balaban J connectivity index is 1.86. The summed E-state index contributed by atoms with van der Waals surface area (Å²) in [5, 5.41) is 4.94. The number of nitrogens with one attached hydrogen (secondary N) is 2. The number of hydrogen-bond donors (Lipinski definition) is 2. The molecule has 1 atom stereocenters. The molecular formula is C14H16N2O2. The summed E-state index contributed by atoms with van der Waals surface area (Å²) in [6, 6.07) is 7.51. The maximum Gasteiger partial charge on any atom is 0.255 e. The van der Waals surface area contributed by atoms with Gasteiger partial charge in [-0.05, 0) is 49.0 Å². The predicted octanol–water partition coefficient (Wildman–Crippen LogP) is 1.66. The van der Waals surface area contributed by atoms with Crippen LogP contribution in [0.15, 0.2) is 35.3 Å². The van der Waals surface area contributed by atoms with E-state index in [2.05, 4.69) is 10.3 Å². The molecule has 0 spiro atoms. The summed E-state index contributed by atoms with van der Waals surface area (Å²) < 4.78 is 5.93. The normalized spacial score (nSPS) is 19.9. The lowest BCUT2D eigenvalue weighted by molar-refractivity contribution is 0.167. The molecule has 3 rings (SSSR count). The first kappa shape index (κ1) is 11.3. The Kier molecular flexibility index (Phi) is 3.02. The van der Waals surface area contributed by atoms with Crippen molar-refractivity contribution in [1.82, 2.24) is 10.3 Å². The van der Waals surface area contributed by atoms with Gasteiger partial charge < -0.3 is 15.0 Å². The van der Waals surface area contributed by atoms with Gasteiger partial charge in [-0.2, -0.15) is 0 Å². The Morgan fingerprint density at radius 1 is 1.28 bits per heavy atom. The van der Waals surface area contributed by atoms with Crippen LogP contribution in [0.4, 0.5) is 0 Å². The molecule has 2 aromatic rings. The van der Waals surface area contributed by atoms with Gasteiger partial charge in [0.1, 0.15) is 11.9 Å². The van der Waals surface area contributed by atoms with E-state index in [0.717, 1.165) is 37.1 Å². The number of rotatable bonds is 2. The zero-order valence-electron chi connectivity index (χ0n) is 10.1. The van der Waals surface area contributed by atoms with Gasteiger partial charge in [0.15, 0.2) is 0 Å². The number of benzene rings is 1. The quantitative estimate of drug-likeness (QED) is 0.844. The second-order valence-corrected chi connectivity index (χ2v) is 4.64. The van der Waals surface area contributed by atoms with Gasteiger partial charge >= 0.3 is 0 Å². The molecule has 1 fully saturated rings. The van der Waals surface area contributed by atoms with Crippen LogP contribution in [-0.2, 0) is 0 Å². The first-order chi connectivity index (χ1) is 8.83. The van der Waals surface area contributed by atoms with Crippen LogP contribution in [0.2, 0.25) is 0 Å². The second kappa shape index (κ2) is 4.82. The van der Waals surface area contributed by atoms with Crippen LogP contribution in [0.25, 0.3) is 10.8 Å². The smallest absolute Gasteiger partial charge is 0.255 e. The third-order valence-corrected chi connectivity index (χ3v) is 3.30. The van der Waals surface area contributed by atoms with Crippen molar-refractivity contribution in [2.75, 3.05) is 13.1 Å². The monoisotopic (exact) mass is 244 g/mol. The van der Waals surface area contributed by atoms with Gasteiger partial charge in [-0.25, -0.2) is 0 Å². The number of aromatic amines is 1. The molecule has 0 aliphatic carbocycles. The summed E-state index contributed by atoms with van der Waals surface area (Å²) in [4.78, 5) is 14.2. The Labute approximate surface area is 105 Å². The molecule has 4 heteroatoms. The van der Waals surface area contributed by atoms with E-state index in [1.54, 1.807) is 6.20 Å². The van der Waals surface area contributed by atoms with Gasteiger partial charge in [0.05, 0.1) is 0 Å². The van der Waals surface area contributed by atoms with E-state index in [1.165, 1.54) is 0 Å². The van der Waals surface area contributed by atoms with Crippen LogP contribution in [0.1, 0.15) is 12.8 Å². The highest BCUT2D eigenvalue weighted by molar-refractivity contribution is 5.82. The fourth-order valence-electron chi connectivity index (χ4n) is 2.36. The lowest BCUT2D eigenvalue weighted by Crippen LogP contribution is -2.37. The van der Waals surface area contributed by atoms with Crippen molar-refractivity contribution >= 4 is 10.8 Å². The van der Waals surface area contributed by atoms with E-state index in [1.807, 2.05) is 24.3 Å². The lowest BCUT2D eigenvalue weighted by Gasteiger charge is -2.24. The minimum atomic E-state index is -0.0571. The third kappa shape index (κ3) is 2.24. The van der Waals surface area contributed by atoms with Gasteiger partial charge in [-0.3, -0.25) is 4.79 Å². The Hall–Kier alpha value is -1.81. The average molecular weight is 244 g/mol. The van der Waals surface area contributed by atoms with Crippen molar-refractivity contribution in [1.29, 1.82) is 0 Å². The van der Waals surface area contributed by atoms with Gasteiger partial charge in [0.25, 0.3) is 5.56 Å². The summed E-state index contributed by atoms with van der Waals surface area (Å²) in [5.41, 5.74) is -0.0571. The summed E-state index contributed by atoms with van der Waals surface area (Å²) in [7, 11) is 0. The molecule has 2 heterocycles. The molecule has 1 aliphatic heterocycles. The first-order valence-electron chi connectivity index (χ1n) is 6.32. The minimum Gasteiger partial charge on any atom is -0.489 e. The Bertz CT molecular complexity index is 600. The maximum absolute atomic E-state index is 11.6. The van der Waals surface area contributed by atoms with Crippen LogP contribution >= 0.6 is 0 Å². The van der Waals surface area contributed by atoms with E-state index >= 15 is 0 Å². The van der Waals surface area contributed by atoms with Gasteiger partial charge in [0.2, 0.25) is 0 Å². The molecule has 2 N–H and O–H groups in total. The van der Waals surface area contributed by atoms with E-state index in [0.29, 0.717) is 5.39 Å². The maximum atomic E-state index is 11.6. The molecule has 1 aromatic heterocycles. The van der Waals surface area contributed by atoms with Crippen molar-refractivity contribution in [2.45, 2.75) is 18.9 Å². The Morgan fingerprint density at radius 2 is 2.22 bits per heavy atom. The number of piperidine rings is 1. The number of fused-ring (bicyclic) bond motifs is 1. The minimum absolute atomic E-state index is 0.0571. The van der Waals surface area contributed by atoms with E-state index < -0.39 is 0 Å². The fourth-order valence-corrected chi connectivity index (χ4v) is 2.36. The SMILES string of the molecule is O=c1[nH]ccc2cc(O[C@@H]3CCCNC3)ccc12. The van der Waals surface area contributed by atoms with Crippen LogP contribution < -0.4 is 15.6 Å². The summed E-state index contributed by atoms with van der Waals surface area (Å²) >= 11 is 0. The van der Waals surface area contributed by atoms with Crippen LogP contribution in [0.5, 0.6) is 5.75 Å². The van der Waals surface area contributed by atoms with Crippen molar-refractivity contribution in [2.24, 2.45) is 0 Å². The average Bonchev–Trinajstić information content (AvgIpc) is 2.40.